The lowest BCUT2D eigenvalue weighted by Crippen LogP contribution is -2.49. The van der Waals surface area contributed by atoms with Crippen molar-refractivity contribution in [1.82, 2.24) is 20.2 Å². The summed E-state index contributed by atoms with van der Waals surface area (Å²) in [6.45, 7) is 1.80. The van der Waals surface area contributed by atoms with Gasteiger partial charge < -0.3 is 19.7 Å². The number of ether oxygens (including phenoxy) is 1. The van der Waals surface area contributed by atoms with Crippen LogP contribution in [0.1, 0.15) is 9.88 Å². The van der Waals surface area contributed by atoms with Gasteiger partial charge in [0.15, 0.2) is 5.88 Å². The number of imide groups is 1. The highest BCUT2D eigenvalue weighted by Crippen LogP contribution is 2.32. The quantitative estimate of drug-likeness (QED) is 0.462. The standard InChI is InChI=1S/C19H16N4O4S/c1-11-20-8-14(28-11)5-6-19(17(25)21-18(26)22-19)10-23-9-12-3-4-13(27-2)7-15(12)16(23)24/h3-4,7-9,24H,10H2,1-2H3,(H2,21,22,25,26)/t19-/m1/s1. The third-order valence-electron chi connectivity index (χ3n) is 4.44. The summed E-state index contributed by atoms with van der Waals surface area (Å²) in [4.78, 5) is 29.2. The molecule has 1 atom stereocenters. The Morgan fingerprint density at radius 1 is 1.39 bits per heavy atom. The zero-order chi connectivity index (χ0) is 19.9. The van der Waals surface area contributed by atoms with Crippen LogP contribution in [0.5, 0.6) is 11.6 Å². The van der Waals surface area contributed by atoms with Crippen molar-refractivity contribution in [2.24, 2.45) is 0 Å². The van der Waals surface area contributed by atoms with Crippen LogP contribution in [0, 0.1) is 18.8 Å². The summed E-state index contributed by atoms with van der Waals surface area (Å²) >= 11 is 1.39. The molecule has 9 heteroatoms. The van der Waals surface area contributed by atoms with Gasteiger partial charge in [0, 0.05) is 17.0 Å². The third-order valence-corrected chi connectivity index (χ3v) is 5.27. The van der Waals surface area contributed by atoms with Crippen LogP contribution in [0.2, 0.25) is 0 Å². The zero-order valence-corrected chi connectivity index (χ0v) is 15.9. The van der Waals surface area contributed by atoms with Crippen LogP contribution in [0.25, 0.3) is 10.8 Å². The molecule has 0 radical (unpaired) electrons. The molecule has 3 heterocycles. The Hall–Kier alpha value is -3.51. The van der Waals surface area contributed by atoms with Crippen molar-refractivity contribution in [1.29, 1.82) is 0 Å². The van der Waals surface area contributed by atoms with E-state index >= 15 is 0 Å². The summed E-state index contributed by atoms with van der Waals surface area (Å²) in [7, 11) is 1.54. The Kier molecular flexibility index (Phi) is 4.20. The Morgan fingerprint density at radius 2 is 2.21 bits per heavy atom. The average molecular weight is 396 g/mol. The van der Waals surface area contributed by atoms with E-state index in [9.17, 15) is 14.7 Å². The molecule has 1 saturated heterocycles. The molecule has 4 rings (SSSR count). The molecule has 3 amide bonds. The maximum atomic E-state index is 12.5. The van der Waals surface area contributed by atoms with E-state index in [4.69, 9.17) is 4.74 Å². The number of thiazole rings is 1. The maximum absolute atomic E-state index is 12.5. The maximum Gasteiger partial charge on any atom is 0.323 e. The van der Waals surface area contributed by atoms with Crippen molar-refractivity contribution >= 4 is 34.0 Å². The van der Waals surface area contributed by atoms with Gasteiger partial charge in [0.25, 0.3) is 5.91 Å². The van der Waals surface area contributed by atoms with Gasteiger partial charge >= 0.3 is 6.03 Å². The Balaban J connectivity index is 1.76. The molecule has 3 N–H and O–H groups in total. The van der Waals surface area contributed by atoms with E-state index in [1.54, 1.807) is 37.7 Å². The number of carbonyl (C=O) groups is 2. The van der Waals surface area contributed by atoms with Crippen LogP contribution >= 0.6 is 11.3 Å². The van der Waals surface area contributed by atoms with E-state index in [0.29, 0.717) is 16.0 Å². The number of hydrogen-bond donors (Lipinski definition) is 3. The lowest BCUT2D eigenvalue weighted by molar-refractivity contribution is -0.122. The number of aryl methyl sites for hydroxylation is 1. The van der Waals surface area contributed by atoms with E-state index < -0.39 is 17.5 Å². The molecule has 1 fully saturated rings. The van der Waals surface area contributed by atoms with Crippen molar-refractivity contribution in [3.05, 3.63) is 40.5 Å². The summed E-state index contributed by atoms with van der Waals surface area (Å²) in [6, 6.07) is 4.65. The molecule has 0 spiro atoms. The molecule has 0 bridgehead atoms. The molecule has 0 unspecified atom stereocenters. The fraction of sp³-hybridized carbons (Fsp3) is 0.211. The van der Waals surface area contributed by atoms with Gasteiger partial charge in [-0.15, -0.1) is 11.3 Å². The van der Waals surface area contributed by atoms with E-state index in [0.717, 1.165) is 10.4 Å². The molecule has 8 nitrogen and oxygen atoms in total. The van der Waals surface area contributed by atoms with Crippen molar-refractivity contribution < 1.29 is 19.4 Å². The molecule has 1 aromatic carbocycles. The second kappa shape index (κ2) is 6.58. The highest BCUT2D eigenvalue weighted by molar-refractivity contribution is 7.12. The van der Waals surface area contributed by atoms with Gasteiger partial charge in [-0.3, -0.25) is 10.1 Å². The fourth-order valence-electron chi connectivity index (χ4n) is 3.05. The molecular weight excluding hydrogens is 380 g/mol. The van der Waals surface area contributed by atoms with Crippen molar-refractivity contribution in [3.8, 4) is 23.5 Å². The van der Waals surface area contributed by atoms with Gasteiger partial charge in [-0.05, 0) is 25.1 Å². The van der Waals surface area contributed by atoms with E-state index in [1.165, 1.54) is 15.9 Å². The minimum absolute atomic E-state index is 0.0438. The number of rotatable bonds is 3. The van der Waals surface area contributed by atoms with Gasteiger partial charge in [-0.1, -0.05) is 11.8 Å². The summed E-state index contributed by atoms with van der Waals surface area (Å²) in [5, 5.41) is 17.6. The highest BCUT2D eigenvalue weighted by Gasteiger charge is 2.46. The van der Waals surface area contributed by atoms with Crippen LogP contribution in [0.4, 0.5) is 4.79 Å². The van der Waals surface area contributed by atoms with Crippen molar-refractivity contribution in [2.75, 3.05) is 7.11 Å². The molecule has 28 heavy (non-hydrogen) atoms. The minimum atomic E-state index is -1.51. The number of carbonyl (C=O) groups excluding carboxylic acids is 2. The minimum Gasteiger partial charge on any atom is -0.497 e. The SMILES string of the molecule is COc1ccc2cn(C[C@@]3(C#Cc4cnc(C)s4)NC(=O)NC3=O)c(O)c2c1. The Bertz CT molecular complexity index is 1170. The third kappa shape index (κ3) is 3.04. The first-order valence-electron chi connectivity index (χ1n) is 8.35. The predicted molar refractivity (Wildman–Crippen MR) is 103 cm³/mol. The molecule has 3 aromatic rings. The summed E-state index contributed by atoms with van der Waals surface area (Å²) < 4.78 is 6.68. The van der Waals surface area contributed by atoms with Gasteiger partial charge in [-0.25, -0.2) is 9.78 Å². The van der Waals surface area contributed by atoms with Gasteiger partial charge in [0.1, 0.15) is 5.75 Å². The lowest BCUT2D eigenvalue weighted by Gasteiger charge is -2.20. The van der Waals surface area contributed by atoms with Gasteiger partial charge in [0.2, 0.25) is 5.54 Å². The number of nitrogens with one attached hydrogen (secondary N) is 2. The molecule has 1 aliphatic heterocycles. The Morgan fingerprint density at radius 3 is 2.86 bits per heavy atom. The van der Waals surface area contributed by atoms with Crippen LogP contribution in [-0.4, -0.2) is 39.2 Å². The smallest absolute Gasteiger partial charge is 0.323 e. The number of methoxy groups -OCH3 is 1. The first-order chi connectivity index (χ1) is 13.4. The zero-order valence-electron chi connectivity index (χ0n) is 15.1. The number of fused-ring (bicyclic) bond motifs is 1. The number of aromatic hydroxyl groups is 1. The fourth-order valence-corrected chi connectivity index (χ4v) is 3.68. The largest absolute Gasteiger partial charge is 0.497 e. The first-order valence-corrected chi connectivity index (χ1v) is 9.17. The van der Waals surface area contributed by atoms with Gasteiger partial charge in [-0.2, -0.15) is 0 Å². The van der Waals surface area contributed by atoms with Crippen LogP contribution in [0.15, 0.2) is 30.6 Å². The molecule has 142 valence electrons. The van der Waals surface area contributed by atoms with Crippen LogP contribution in [-0.2, 0) is 11.3 Å². The number of amides is 3. The number of hydrogen-bond acceptors (Lipinski definition) is 6. The van der Waals surface area contributed by atoms with E-state index in [1.807, 2.05) is 6.92 Å². The molecule has 1 aliphatic rings. The van der Waals surface area contributed by atoms with Crippen molar-refractivity contribution in [2.45, 2.75) is 19.0 Å². The second-order valence-corrected chi connectivity index (χ2v) is 7.58. The highest BCUT2D eigenvalue weighted by atomic mass is 32.1. The average Bonchev–Trinajstić information content (AvgIpc) is 3.30. The van der Waals surface area contributed by atoms with E-state index in [2.05, 4.69) is 27.5 Å². The summed E-state index contributed by atoms with van der Waals surface area (Å²) in [5.74, 6) is 5.76. The topological polar surface area (TPSA) is 105 Å². The normalized spacial score (nSPS) is 18.5. The number of urea groups is 1. The number of nitrogens with zero attached hydrogens (tertiary/aromatic N) is 2. The van der Waals surface area contributed by atoms with Gasteiger partial charge in [0.05, 0.1) is 29.7 Å². The monoisotopic (exact) mass is 396 g/mol. The predicted octanol–water partition coefficient (Wildman–Crippen LogP) is 1.75. The van der Waals surface area contributed by atoms with Crippen molar-refractivity contribution in [3.63, 3.8) is 0 Å². The second-order valence-electron chi connectivity index (χ2n) is 6.34. The lowest BCUT2D eigenvalue weighted by atomic mass is 10.0. The summed E-state index contributed by atoms with van der Waals surface area (Å²) in [5.41, 5.74) is -1.51. The van der Waals surface area contributed by atoms with Crippen LogP contribution < -0.4 is 15.4 Å². The van der Waals surface area contributed by atoms with Crippen LogP contribution in [0.3, 0.4) is 0 Å². The molecule has 2 aromatic heterocycles. The molecule has 0 saturated carbocycles. The summed E-state index contributed by atoms with van der Waals surface area (Å²) in [6.07, 6.45) is 3.31. The van der Waals surface area contributed by atoms with E-state index in [-0.39, 0.29) is 12.4 Å². The number of aromatic nitrogens is 2. The first kappa shape index (κ1) is 17.9. The molecule has 0 aliphatic carbocycles. The molecular formula is C19H16N4O4S. The Labute approximate surface area is 164 Å². The number of benzene rings is 1.